The predicted molar refractivity (Wildman–Crippen MR) is 102 cm³/mol. The number of hydrogen-bond acceptors (Lipinski definition) is 4. The van der Waals surface area contributed by atoms with Crippen molar-refractivity contribution < 1.29 is 13.2 Å². The van der Waals surface area contributed by atoms with Gasteiger partial charge in [-0.1, -0.05) is 36.4 Å². The third-order valence-electron chi connectivity index (χ3n) is 5.01. The Balaban J connectivity index is 1.63. The second kappa shape index (κ2) is 6.66. The van der Waals surface area contributed by atoms with E-state index in [4.69, 9.17) is 0 Å². The minimum atomic E-state index is -3.90. The molecule has 1 heterocycles. The number of aryl methyl sites for hydroxylation is 1. The number of nitrogens with zero attached hydrogens (tertiary/aromatic N) is 1. The van der Waals surface area contributed by atoms with Crippen molar-refractivity contribution in [3.63, 3.8) is 0 Å². The van der Waals surface area contributed by atoms with Crippen LogP contribution < -0.4 is 4.72 Å². The summed E-state index contributed by atoms with van der Waals surface area (Å²) in [6, 6.07) is 12.4. The minimum Gasteiger partial charge on any atom is -0.285 e. The lowest BCUT2D eigenvalue weighted by Gasteiger charge is -2.14. The Morgan fingerprint density at radius 1 is 1.19 bits per heavy atom. The molecule has 2 N–H and O–H groups in total. The molecule has 0 fully saturated rings. The van der Waals surface area contributed by atoms with Crippen LogP contribution in [0.4, 0.5) is 0 Å². The number of aromatic amines is 1. The highest BCUT2D eigenvalue weighted by molar-refractivity contribution is 7.90. The number of nitrogens with one attached hydrogen (secondary N) is 2. The van der Waals surface area contributed by atoms with E-state index in [2.05, 4.69) is 14.9 Å². The Kier molecular flexibility index (Phi) is 4.31. The van der Waals surface area contributed by atoms with Crippen LogP contribution in [0.25, 0.3) is 11.1 Å². The van der Waals surface area contributed by atoms with Gasteiger partial charge in [0.2, 0.25) is 5.91 Å². The van der Waals surface area contributed by atoms with Gasteiger partial charge in [0.05, 0.1) is 17.0 Å². The van der Waals surface area contributed by atoms with E-state index in [1.807, 2.05) is 24.4 Å². The highest BCUT2D eigenvalue weighted by Crippen LogP contribution is 2.39. The number of rotatable bonds is 4. The molecule has 2 aromatic carbocycles. The van der Waals surface area contributed by atoms with Crippen LogP contribution in [0.2, 0.25) is 0 Å². The molecule has 0 bridgehead atoms. The number of carbonyl (C=O) groups is 1. The maximum absolute atomic E-state index is 12.8. The summed E-state index contributed by atoms with van der Waals surface area (Å²) in [5.41, 5.74) is 4.55. The zero-order chi connectivity index (χ0) is 19.0. The SMILES string of the molecule is Cc1ccccc1S(=O)(=O)NC(=O)C1CCc2c(-c3cn[nH]c3)cccc21. The Morgan fingerprint density at radius 3 is 2.74 bits per heavy atom. The molecule has 3 aromatic rings. The third-order valence-corrected chi connectivity index (χ3v) is 6.52. The van der Waals surface area contributed by atoms with Crippen molar-refractivity contribution in [3.05, 3.63) is 71.5 Å². The smallest absolute Gasteiger partial charge is 0.264 e. The largest absolute Gasteiger partial charge is 0.285 e. The number of sulfonamides is 1. The second-order valence-electron chi connectivity index (χ2n) is 6.69. The maximum atomic E-state index is 12.8. The van der Waals surface area contributed by atoms with Crippen molar-refractivity contribution in [2.75, 3.05) is 0 Å². The molecule has 1 aliphatic rings. The summed E-state index contributed by atoms with van der Waals surface area (Å²) in [6.07, 6.45) is 4.86. The maximum Gasteiger partial charge on any atom is 0.264 e. The molecule has 1 amide bonds. The molecule has 1 aliphatic carbocycles. The van der Waals surface area contributed by atoms with E-state index >= 15 is 0 Å². The quantitative estimate of drug-likeness (QED) is 0.727. The van der Waals surface area contributed by atoms with Crippen molar-refractivity contribution in [1.29, 1.82) is 0 Å². The monoisotopic (exact) mass is 381 g/mol. The first kappa shape index (κ1) is 17.5. The fourth-order valence-electron chi connectivity index (χ4n) is 3.71. The molecule has 27 heavy (non-hydrogen) atoms. The van der Waals surface area contributed by atoms with Gasteiger partial charge in [-0.3, -0.25) is 9.89 Å². The van der Waals surface area contributed by atoms with Gasteiger partial charge in [0, 0.05) is 11.8 Å². The van der Waals surface area contributed by atoms with Crippen molar-refractivity contribution in [2.45, 2.75) is 30.6 Å². The molecule has 4 rings (SSSR count). The van der Waals surface area contributed by atoms with Gasteiger partial charge in [-0.25, -0.2) is 13.1 Å². The lowest BCUT2D eigenvalue weighted by atomic mass is 9.96. The van der Waals surface area contributed by atoms with Gasteiger partial charge in [-0.15, -0.1) is 0 Å². The van der Waals surface area contributed by atoms with E-state index in [0.29, 0.717) is 12.0 Å². The lowest BCUT2D eigenvalue weighted by molar-refractivity contribution is -0.120. The van der Waals surface area contributed by atoms with Gasteiger partial charge in [-0.05, 0) is 48.1 Å². The van der Waals surface area contributed by atoms with E-state index in [-0.39, 0.29) is 4.90 Å². The van der Waals surface area contributed by atoms with Crippen LogP contribution in [0.15, 0.2) is 59.8 Å². The molecule has 7 heteroatoms. The highest BCUT2D eigenvalue weighted by atomic mass is 32.2. The minimum absolute atomic E-state index is 0.128. The lowest BCUT2D eigenvalue weighted by Crippen LogP contribution is -2.34. The summed E-state index contributed by atoms with van der Waals surface area (Å²) in [5, 5.41) is 6.78. The molecule has 0 spiro atoms. The Hall–Kier alpha value is -2.93. The van der Waals surface area contributed by atoms with Crippen molar-refractivity contribution in [1.82, 2.24) is 14.9 Å². The van der Waals surface area contributed by atoms with E-state index in [0.717, 1.165) is 28.7 Å². The highest BCUT2D eigenvalue weighted by Gasteiger charge is 2.33. The molecule has 0 saturated carbocycles. The second-order valence-corrected chi connectivity index (χ2v) is 8.34. The molecule has 138 valence electrons. The molecular weight excluding hydrogens is 362 g/mol. The standard InChI is InChI=1S/C20H19N3O3S/c1-13-5-2-3-8-19(13)27(25,26)23-20(24)18-10-9-17-15(6-4-7-16(17)18)14-11-21-22-12-14/h2-8,11-12,18H,9-10H2,1H3,(H,21,22)(H,23,24). The normalized spacial score (nSPS) is 16.1. The Bertz CT molecular complexity index is 1110. The topological polar surface area (TPSA) is 91.9 Å². The number of aromatic nitrogens is 2. The summed E-state index contributed by atoms with van der Waals surface area (Å²) in [6.45, 7) is 1.71. The molecule has 1 aromatic heterocycles. The van der Waals surface area contributed by atoms with Crippen molar-refractivity contribution in [2.24, 2.45) is 0 Å². The van der Waals surface area contributed by atoms with E-state index in [1.165, 1.54) is 6.07 Å². The van der Waals surface area contributed by atoms with Crippen LogP contribution in [0.3, 0.4) is 0 Å². The van der Waals surface area contributed by atoms with Gasteiger partial charge in [0.1, 0.15) is 0 Å². The van der Waals surface area contributed by atoms with Crippen LogP contribution >= 0.6 is 0 Å². The number of benzene rings is 2. The van der Waals surface area contributed by atoms with Gasteiger partial charge in [0.15, 0.2) is 0 Å². The van der Waals surface area contributed by atoms with Crippen LogP contribution in [0.1, 0.15) is 29.0 Å². The molecule has 0 radical (unpaired) electrons. The molecule has 0 aliphatic heterocycles. The fourth-order valence-corrected chi connectivity index (χ4v) is 4.98. The zero-order valence-corrected chi connectivity index (χ0v) is 15.6. The average Bonchev–Trinajstić information content (AvgIpc) is 3.31. The van der Waals surface area contributed by atoms with Gasteiger partial charge in [0.25, 0.3) is 10.0 Å². The van der Waals surface area contributed by atoms with E-state index in [9.17, 15) is 13.2 Å². The van der Waals surface area contributed by atoms with E-state index in [1.54, 1.807) is 31.3 Å². The van der Waals surface area contributed by atoms with Crippen LogP contribution in [-0.4, -0.2) is 24.5 Å². The first-order valence-corrected chi connectivity index (χ1v) is 10.2. The first-order valence-electron chi connectivity index (χ1n) is 8.70. The molecule has 1 unspecified atom stereocenters. The van der Waals surface area contributed by atoms with Gasteiger partial charge in [-0.2, -0.15) is 5.10 Å². The third kappa shape index (κ3) is 3.14. The first-order chi connectivity index (χ1) is 13.0. The predicted octanol–water partition coefficient (Wildman–Crippen LogP) is 2.92. The number of hydrogen-bond donors (Lipinski definition) is 2. The number of carbonyl (C=O) groups excluding carboxylic acids is 1. The van der Waals surface area contributed by atoms with Crippen molar-refractivity contribution in [3.8, 4) is 11.1 Å². The summed E-state index contributed by atoms with van der Waals surface area (Å²) >= 11 is 0. The number of H-pyrrole nitrogens is 1. The Morgan fingerprint density at radius 2 is 2.00 bits per heavy atom. The number of amides is 1. The molecule has 0 saturated heterocycles. The van der Waals surface area contributed by atoms with Crippen LogP contribution in [0, 0.1) is 6.92 Å². The van der Waals surface area contributed by atoms with Crippen LogP contribution in [-0.2, 0) is 21.2 Å². The summed E-state index contributed by atoms with van der Waals surface area (Å²) in [5.74, 6) is -0.966. The van der Waals surface area contributed by atoms with Gasteiger partial charge >= 0.3 is 0 Å². The zero-order valence-electron chi connectivity index (χ0n) is 14.8. The number of fused-ring (bicyclic) bond motifs is 1. The fraction of sp³-hybridized carbons (Fsp3) is 0.200. The average molecular weight is 381 g/mol. The van der Waals surface area contributed by atoms with Crippen molar-refractivity contribution >= 4 is 15.9 Å². The summed E-state index contributed by atoms with van der Waals surface area (Å²) in [7, 11) is -3.90. The molecular formula is C20H19N3O3S. The summed E-state index contributed by atoms with van der Waals surface area (Å²) in [4.78, 5) is 12.9. The molecule has 1 atom stereocenters. The Labute approximate surface area is 157 Å². The molecule has 6 nitrogen and oxygen atoms in total. The van der Waals surface area contributed by atoms with Gasteiger partial charge < -0.3 is 0 Å². The van der Waals surface area contributed by atoms with E-state index < -0.39 is 21.8 Å². The van der Waals surface area contributed by atoms with Crippen LogP contribution in [0.5, 0.6) is 0 Å². The summed E-state index contributed by atoms with van der Waals surface area (Å²) < 4.78 is 27.5.